The van der Waals surface area contributed by atoms with Crippen LogP contribution in [0.15, 0.2) is 95.4 Å². The molecule has 4 aromatic carbocycles. The van der Waals surface area contributed by atoms with Crippen molar-refractivity contribution in [3.05, 3.63) is 116 Å². The number of benzene rings is 4. The van der Waals surface area contributed by atoms with E-state index in [2.05, 4.69) is 48.7 Å². The van der Waals surface area contributed by atoms with E-state index >= 15 is 0 Å². The molecule has 1 heterocycles. The Bertz CT molecular complexity index is 1850. The van der Waals surface area contributed by atoms with Crippen molar-refractivity contribution in [3.8, 4) is 22.8 Å². The molecule has 0 radical (unpaired) electrons. The molecule has 0 spiro atoms. The molecular formula is C33H26ClFIN5O4S. The third-order valence-corrected chi connectivity index (χ3v) is 8.04. The van der Waals surface area contributed by atoms with Gasteiger partial charge in [0.1, 0.15) is 5.82 Å². The van der Waals surface area contributed by atoms with Gasteiger partial charge in [-0.05, 0) is 108 Å². The van der Waals surface area contributed by atoms with Crippen LogP contribution in [0.2, 0.25) is 5.02 Å². The van der Waals surface area contributed by atoms with Crippen LogP contribution in [-0.4, -0.2) is 36.2 Å². The van der Waals surface area contributed by atoms with E-state index in [9.17, 15) is 14.0 Å². The molecule has 0 atom stereocenters. The highest BCUT2D eigenvalue weighted by molar-refractivity contribution is 14.1. The molecule has 5 aromatic rings. The molecule has 234 valence electrons. The predicted molar refractivity (Wildman–Crippen MR) is 188 cm³/mol. The second-order valence-electron chi connectivity index (χ2n) is 9.55. The Labute approximate surface area is 287 Å². The highest BCUT2D eigenvalue weighted by atomic mass is 127. The van der Waals surface area contributed by atoms with Crippen LogP contribution in [-0.2, 0) is 4.79 Å². The number of anilines is 3. The van der Waals surface area contributed by atoms with Crippen LogP contribution >= 0.6 is 45.5 Å². The van der Waals surface area contributed by atoms with Gasteiger partial charge in [-0.3, -0.25) is 9.59 Å². The number of thiazole rings is 1. The van der Waals surface area contributed by atoms with Crippen molar-refractivity contribution in [2.24, 2.45) is 5.10 Å². The van der Waals surface area contributed by atoms with Gasteiger partial charge in [-0.2, -0.15) is 5.10 Å². The van der Waals surface area contributed by atoms with Crippen molar-refractivity contribution >= 4 is 80.1 Å². The van der Waals surface area contributed by atoms with E-state index in [1.54, 1.807) is 36.4 Å². The van der Waals surface area contributed by atoms with Crippen molar-refractivity contribution in [3.63, 3.8) is 0 Å². The number of rotatable bonds is 12. The fourth-order valence-corrected chi connectivity index (χ4v) is 5.72. The molecule has 0 aliphatic heterocycles. The Morgan fingerprint density at radius 1 is 1.00 bits per heavy atom. The maximum absolute atomic E-state index is 13.1. The summed E-state index contributed by atoms with van der Waals surface area (Å²) in [6.07, 6.45) is 1.49. The fourth-order valence-electron chi connectivity index (χ4n) is 4.08. The van der Waals surface area contributed by atoms with E-state index in [1.165, 1.54) is 41.8 Å². The standard InChI is InChI=1S/C33H26ClFIN5O4S/c1-2-44-29-16-20(15-27(36)31(29)45-18-30(42)38-25-13-9-24(35)10-14-25)17-37-41-32(43)22-5-3-21(4-6-22)28-19-46-33(40-28)39-26-11-7-23(34)8-12-26/h3-17,19H,2,18H2,1H3,(H,38,42)(H,39,40)(H,41,43)/b37-17-. The minimum absolute atomic E-state index is 0.278. The first-order chi connectivity index (χ1) is 22.3. The number of nitrogens with one attached hydrogen (secondary N) is 3. The molecule has 0 bridgehead atoms. The van der Waals surface area contributed by atoms with Crippen LogP contribution in [0.25, 0.3) is 11.3 Å². The summed E-state index contributed by atoms with van der Waals surface area (Å²) in [5, 5.41) is 13.3. The van der Waals surface area contributed by atoms with Gasteiger partial charge in [-0.25, -0.2) is 14.8 Å². The second kappa shape index (κ2) is 15.7. The van der Waals surface area contributed by atoms with Crippen LogP contribution in [0.1, 0.15) is 22.8 Å². The lowest BCUT2D eigenvalue weighted by atomic mass is 10.1. The fraction of sp³-hybridized carbons (Fsp3) is 0.0909. The maximum atomic E-state index is 13.1. The summed E-state index contributed by atoms with van der Waals surface area (Å²) in [7, 11) is 0. The van der Waals surface area contributed by atoms with Gasteiger partial charge in [-0.1, -0.05) is 23.7 Å². The first-order valence-corrected chi connectivity index (χ1v) is 16.2. The first kappa shape index (κ1) is 32.9. The highest BCUT2D eigenvalue weighted by Crippen LogP contribution is 2.34. The number of aromatic nitrogens is 1. The van der Waals surface area contributed by atoms with Crippen molar-refractivity contribution in [1.82, 2.24) is 10.4 Å². The van der Waals surface area contributed by atoms with E-state index in [1.807, 2.05) is 36.6 Å². The Balaban J connectivity index is 1.17. The number of halogens is 3. The predicted octanol–water partition coefficient (Wildman–Crippen LogP) is 8.13. The van der Waals surface area contributed by atoms with Crippen LogP contribution < -0.4 is 25.5 Å². The molecule has 5 rings (SSSR count). The zero-order chi connectivity index (χ0) is 32.5. The molecule has 0 saturated carbocycles. The number of hydrogen-bond acceptors (Lipinski definition) is 8. The number of carbonyl (C=O) groups excluding carboxylic acids is 2. The highest BCUT2D eigenvalue weighted by Gasteiger charge is 2.14. The van der Waals surface area contributed by atoms with Crippen LogP contribution in [0.4, 0.5) is 20.9 Å². The topological polar surface area (TPSA) is 114 Å². The van der Waals surface area contributed by atoms with Gasteiger partial charge in [0, 0.05) is 32.9 Å². The number of hydrogen-bond donors (Lipinski definition) is 3. The smallest absolute Gasteiger partial charge is 0.271 e. The molecule has 0 saturated heterocycles. The number of nitrogens with zero attached hydrogens (tertiary/aromatic N) is 2. The average molecular weight is 770 g/mol. The molecule has 9 nitrogen and oxygen atoms in total. The van der Waals surface area contributed by atoms with Crippen LogP contribution in [0.3, 0.4) is 0 Å². The molecule has 13 heteroatoms. The molecule has 3 N–H and O–H groups in total. The summed E-state index contributed by atoms with van der Waals surface area (Å²) in [6.45, 7) is 1.91. The second-order valence-corrected chi connectivity index (χ2v) is 12.0. The Hall–Kier alpha value is -4.53. The average Bonchev–Trinajstić information content (AvgIpc) is 3.51. The first-order valence-electron chi connectivity index (χ1n) is 13.8. The molecular weight excluding hydrogens is 744 g/mol. The third-order valence-electron chi connectivity index (χ3n) is 6.23. The van der Waals surface area contributed by atoms with E-state index in [4.69, 9.17) is 21.1 Å². The summed E-state index contributed by atoms with van der Waals surface area (Å²) in [5.74, 6) is -0.368. The van der Waals surface area contributed by atoms with Crippen molar-refractivity contribution in [2.45, 2.75) is 6.92 Å². The number of ether oxygens (including phenoxy) is 2. The van der Waals surface area contributed by atoms with Gasteiger partial charge < -0.3 is 20.1 Å². The lowest BCUT2D eigenvalue weighted by Gasteiger charge is -2.14. The van der Waals surface area contributed by atoms with Gasteiger partial charge >= 0.3 is 0 Å². The number of carbonyl (C=O) groups is 2. The molecule has 0 fully saturated rings. The van der Waals surface area contributed by atoms with Gasteiger partial charge in [0.15, 0.2) is 23.2 Å². The van der Waals surface area contributed by atoms with Crippen LogP contribution in [0.5, 0.6) is 11.5 Å². The minimum atomic E-state index is -0.409. The normalized spacial score (nSPS) is 10.9. The van der Waals surface area contributed by atoms with Gasteiger partial charge in [0.2, 0.25) is 0 Å². The van der Waals surface area contributed by atoms with E-state index in [0.29, 0.717) is 43.5 Å². The number of hydrazone groups is 1. The van der Waals surface area contributed by atoms with Crippen molar-refractivity contribution < 1.29 is 23.5 Å². The molecule has 0 aliphatic rings. The van der Waals surface area contributed by atoms with E-state index in [0.717, 1.165) is 22.1 Å². The lowest BCUT2D eigenvalue weighted by molar-refractivity contribution is -0.118. The largest absolute Gasteiger partial charge is 0.490 e. The van der Waals surface area contributed by atoms with Gasteiger partial charge in [0.25, 0.3) is 11.8 Å². The molecule has 1 aromatic heterocycles. The van der Waals surface area contributed by atoms with E-state index < -0.39 is 11.7 Å². The summed E-state index contributed by atoms with van der Waals surface area (Å²) >= 11 is 9.50. The molecule has 2 amide bonds. The summed E-state index contributed by atoms with van der Waals surface area (Å²) in [6, 6.07) is 23.4. The van der Waals surface area contributed by atoms with Crippen LogP contribution in [0, 0.1) is 9.39 Å². The van der Waals surface area contributed by atoms with Crippen molar-refractivity contribution in [1.29, 1.82) is 0 Å². The zero-order valence-corrected chi connectivity index (χ0v) is 28.0. The number of amides is 2. The quantitative estimate of drug-likeness (QED) is 0.0671. The summed E-state index contributed by atoms with van der Waals surface area (Å²) in [5.41, 5.74) is 6.62. The Kier molecular flexibility index (Phi) is 11.2. The van der Waals surface area contributed by atoms with E-state index in [-0.39, 0.29) is 12.5 Å². The Morgan fingerprint density at radius 3 is 2.43 bits per heavy atom. The zero-order valence-electron chi connectivity index (χ0n) is 24.2. The molecule has 46 heavy (non-hydrogen) atoms. The summed E-state index contributed by atoms with van der Waals surface area (Å²) in [4.78, 5) is 29.7. The monoisotopic (exact) mass is 769 g/mol. The van der Waals surface area contributed by atoms with Crippen molar-refractivity contribution in [2.75, 3.05) is 23.8 Å². The third kappa shape index (κ3) is 9.02. The molecule has 0 unspecified atom stereocenters. The van der Waals surface area contributed by atoms with Gasteiger partial charge in [0.05, 0.1) is 22.1 Å². The maximum Gasteiger partial charge on any atom is 0.271 e. The van der Waals surface area contributed by atoms with Gasteiger partial charge in [-0.15, -0.1) is 11.3 Å². The Morgan fingerprint density at radius 2 is 1.72 bits per heavy atom. The SMILES string of the molecule is CCOc1cc(/C=N\NC(=O)c2ccc(-c3csc(Nc4ccc(Cl)cc4)n3)cc2)cc(I)c1OCC(=O)Nc1ccc(F)cc1. The molecule has 0 aliphatic carbocycles. The minimum Gasteiger partial charge on any atom is -0.490 e. The lowest BCUT2D eigenvalue weighted by Crippen LogP contribution is -2.20. The summed E-state index contributed by atoms with van der Waals surface area (Å²) < 4.78 is 25.3.